The maximum Gasteiger partial charge on any atom is 0.0924 e. The number of unbranched alkanes of at least 4 members (excludes halogenated alkanes) is 1. The Morgan fingerprint density at radius 2 is 2.54 bits per heavy atom. The van der Waals surface area contributed by atoms with Crippen molar-refractivity contribution in [3.63, 3.8) is 0 Å². The zero-order valence-corrected chi connectivity index (χ0v) is 8.76. The van der Waals surface area contributed by atoms with E-state index in [-0.39, 0.29) is 12.2 Å². The van der Waals surface area contributed by atoms with Crippen LogP contribution in [0.25, 0.3) is 0 Å². The first kappa shape index (κ1) is 11.1. The molecule has 0 aromatic heterocycles. The van der Waals surface area contributed by atoms with Gasteiger partial charge in [0.1, 0.15) is 0 Å². The van der Waals surface area contributed by atoms with Crippen molar-refractivity contribution in [1.29, 1.82) is 0 Å². The van der Waals surface area contributed by atoms with Crippen molar-refractivity contribution < 1.29 is 9.84 Å². The Labute approximate surface area is 84.4 Å². The second-order valence-electron chi connectivity index (χ2n) is 3.27. The van der Waals surface area contributed by atoms with Crippen LogP contribution >= 0.6 is 11.8 Å². The number of ether oxygens (including phenoxy) is 1. The molecule has 0 aromatic rings. The topological polar surface area (TPSA) is 29.5 Å². The molecule has 76 valence electrons. The SMILES string of the molecule is C=CCCCC(O)C1CSCCO1. The fraction of sp³-hybridized carbons (Fsp3) is 0.800. The normalized spacial score (nSPS) is 25.5. The van der Waals surface area contributed by atoms with Gasteiger partial charge in [0.2, 0.25) is 0 Å². The second-order valence-corrected chi connectivity index (χ2v) is 4.42. The Kier molecular flexibility index (Phi) is 5.51. The van der Waals surface area contributed by atoms with Crippen molar-refractivity contribution in [2.45, 2.75) is 31.5 Å². The molecule has 0 bridgehead atoms. The predicted octanol–water partition coefficient (Wildman–Crippen LogP) is 1.84. The Morgan fingerprint density at radius 3 is 3.15 bits per heavy atom. The predicted molar refractivity (Wildman–Crippen MR) is 57.1 cm³/mol. The van der Waals surface area contributed by atoms with E-state index < -0.39 is 0 Å². The maximum absolute atomic E-state index is 9.73. The smallest absolute Gasteiger partial charge is 0.0924 e. The van der Waals surface area contributed by atoms with Gasteiger partial charge in [0.25, 0.3) is 0 Å². The van der Waals surface area contributed by atoms with E-state index in [2.05, 4.69) is 6.58 Å². The first-order valence-corrected chi connectivity index (χ1v) is 5.98. The maximum atomic E-state index is 9.73. The van der Waals surface area contributed by atoms with Crippen LogP contribution in [-0.2, 0) is 4.74 Å². The van der Waals surface area contributed by atoms with Crippen molar-refractivity contribution >= 4 is 11.8 Å². The summed E-state index contributed by atoms with van der Waals surface area (Å²) < 4.78 is 5.47. The van der Waals surface area contributed by atoms with Crippen LogP contribution < -0.4 is 0 Å². The van der Waals surface area contributed by atoms with Crippen molar-refractivity contribution in [2.24, 2.45) is 0 Å². The molecule has 0 amide bonds. The summed E-state index contributed by atoms with van der Waals surface area (Å²) in [7, 11) is 0. The van der Waals surface area contributed by atoms with E-state index in [1.54, 1.807) is 0 Å². The van der Waals surface area contributed by atoms with Crippen molar-refractivity contribution in [3.8, 4) is 0 Å². The molecule has 0 aliphatic carbocycles. The van der Waals surface area contributed by atoms with Gasteiger partial charge in [0, 0.05) is 11.5 Å². The molecule has 2 nitrogen and oxygen atoms in total. The molecular formula is C10H18O2S. The van der Waals surface area contributed by atoms with Crippen LogP contribution in [0, 0.1) is 0 Å². The van der Waals surface area contributed by atoms with Crippen LogP contribution in [0.5, 0.6) is 0 Å². The highest BCUT2D eigenvalue weighted by molar-refractivity contribution is 7.99. The number of thioether (sulfide) groups is 1. The highest BCUT2D eigenvalue weighted by Gasteiger charge is 2.21. The summed E-state index contributed by atoms with van der Waals surface area (Å²) in [5.41, 5.74) is 0. The van der Waals surface area contributed by atoms with Gasteiger partial charge in [0.15, 0.2) is 0 Å². The van der Waals surface area contributed by atoms with Gasteiger partial charge in [-0.2, -0.15) is 11.8 Å². The Morgan fingerprint density at radius 1 is 1.69 bits per heavy atom. The number of aliphatic hydroxyl groups excluding tert-OH is 1. The summed E-state index contributed by atoms with van der Waals surface area (Å²) >= 11 is 1.87. The van der Waals surface area contributed by atoms with Gasteiger partial charge in [-0.25, -0.2) is 0 Å². The lowest BCUT2D eigenvalue weighted by molar-refractivity contribution is -0.0252. The van der Waals surface area contributed by atoms with E-state index >= 15 is 0 Å². The van der Waals surface area contributed by atoms with Crippen LogP contribution in [0.2, 0.25) is 0 Å². The zero-order valence-electron chi connectivity index (χ0n) is 7.95. The number of rotatable bonds is 5. The summed E-state index contributed by atoms with van der Waals surface area (Å²) in [5.74, 6) is 2.01. The Balaban J connectivity index is 2.13. The largest absolute Gasteiger partial charge is 0.390 e. The van der Waals surface area contributed by atoms with Crippen LogP contribution in [0.3, 0.4) is 0 Å². The molecule has 2 unspecified atom stereocenters. The molecule has 0 aromatic carbocycles. The van der Waals surface area contributed by atoms with Gasteiger partial charge in [-0.3, -0.25) is 0 Å². The highest BCUT2D eigenvalue weighted by Crippen LogP contribution is 2.18. The van der Waals surface area contributed by atoms with Gasteiger partial charge in [0.05, 0.1) is 18.8 Å². The van der Waals surface area contributed by atoms with Crippen molar-refractivity contribution in [3.05, 3.63) is 12.7 Å². The third-order valence-electron chi connectivity index (χ3n) is 2.18. The first-order chi connectivity index (χ1) is 6.34. The minimum atomic E-state index is -0.284. The van der Waals surface area contributed by atoms with E-state index in [9.17, 15) is 5.11 Å². The van der Waals surface area contributed by atoms with Crippen molar-refractivity contribution in [1.82, 2.24) is 0 Å². The lowest BCUT2D eigenvalue weighted by Gasteiger charge is -2.26. The monoisotopic (exact) mass is 202 g/mol. The summed E-state index contributed by atoms with van der Waals surface area (Å²) in [6.45, 7) is 4.44. The molecule has 1 aliphatic heterocycles. The molecule has 13 heavy (non-hydrogen) atoms. The molecule has 1 rings (SSSR count). The highest BCUT2D eigenvalue weighted by atomic mass is 32.2. The summed E-state index contributed by atoms with van der Waals surface area (Å²) in [5, 5.41) is 9.73. The minimum Gasteiger partial charge on any atom is -0.390 e. The van der Waals surface area contributed by atoms with Gasteiger partial charge < -0.3 is 9.84 Å². The average molecular weight is 202 g/mol. The molecule has 2 atom stereocenters. The molecule has 3 heteroatoms. The Hall–Kier alpha value is 0.01000. The quantitative estimate of drug-likeness (QED) is 0.545. The van der Waals surface area contributed by atoms with Crippen LogP contribution in [0.1, 0.15) is 19.3 Å². The molecule has 0 spiro atoms. The lowest BCUT2D eigenvalue weighted by Crippen LogP contribution is -2.35. The molecule has 1 saturated heterocycles. The number of hydrogen-bond donors (Lipinski definition) is 1. The average Bonchev–Trinajstić information content (AvgIpc) is 2.19. The summed E-state index contributed by atoms with van der Waals surface area (Å²) in [6.07, 6.45) is 4.49. The van der Waals surface area contributed by atoms with Crippen LogP contribution in [-0.4, -0.2) is 35.4 Å². The van der Waals surface area contributed by atoms with Crippen LogP contribution in [0.4, 0.5) is 0 Å². The molecule has 1 heterocycles. The standard InChI is InChI=1S/C10H18O2S/c1-2-3-4-5-9(11)10-8-13-7-6-12-10/h2,9-11H,1,3-8H2. The first-order valence-electron chi connectivity index (χ1n) is 4.83. The molecule has 1 fully saturated rings. The van der Waals surface area contributed by atoms with Gasteiger partial charge >= 0.3 is 0 Å². The van der Waals surface area contributed by atoms with E-state index in [4.69, 9.17) is 4.74 Å². The third-order valence-corrected chi connectivity index (χ3v) is 3.20. The molecule has 1 aliphatic rings. The van der Waals surface area contributed by atoms with E-state index in [0.29, 0.717) is 0 Å². The molecule has 1 N–H and O–H groups in total. The third kappa shape index (κ3) is 4.16. The fourth-order valence-electron chi connectivity index (χ4n) is 1.39. The number of allylic oxidation sites excluding steroid dienone is 1. The van der Waals surface area contributed by atoms with E-state index in [1.807, 2.05) is 17.8 Å². The van der Waals surface area contributed by atoms with Gasteiger partial charge in [-0.05, 0) is 19.3 Å². The van der Waals surface area contributed by atoms with Crippen LogP contribution in [0.15, 0.2) is 12.7 Å². The number of aliphatic hydroxyl groups is 1. The molecular weight excluding hydrogens is 184 g/mol. The second kappa shape index (κ2) is 6.46. The van der Waals surface area contributed by atoms with E-state index in [1.165, 1.54) is 0 Å². The Bertz CT molecular complexity index is 144. The lowest BCUT2D eigenvalue weighted by atomic mass is 10.1. The fourth-order valence-corrected chi connectivity index (χ4v) is 2.32. The molecule has 0 radical (unpaired) electrons. The van der Waals surface area contributed by atoms with E-state index in [0.717, 1.165) is 37.4 Å². The minimum absolute atomic E-state index is 0.0589. The molecule has 0 saturated carbocycles. The number of hydrogen-bond acceptors (Lipinski definition) is 3. The van der Waals surface area contributed by atoms with Gasteiger partial charge in [-0.15, -0.1) is 6.58 Å². The zero-order chi connectivity index (χ0) is 9.52. The van der Waals surface area contributed by atoms with Gasteiger partial charge in [-0.1, -0.05) is 6.08 Å². The summed E-state index contributed by atoms with van der Waals surface area (Å²) in [6, 6.07) is 0. The van der Waals surface area contributed by atoms with Crippen molar-refractivity contribution in [2.75, 3.05) is 18.1 Å². The summed E-state index contributed by atoms with van der Waals surface area (Å²) in [4.78, 5) is 0.